The highest BCUT2D eigenvalue weighted by Gasteiger charge is 2.16. The number of nitrogens with one attached hydrogen (secondary N) is 3. The van der Waals surface area contributed by atoms with E-state index in [1.807, 2.05) is 6.07 Å². The molecule has 0 spiro atoms. The van der Waals surface area contributed by atoms with Gasteiger partial charge < -0.3 is 20.3 Å². The van der Waals surface area contributed by atoms with Crippen molar-refractivity contribution >= 4 is 17.3 Å². The fraction of sp³-hybridized carbons (Fsp3) is 0.381. The van der Waals surface area contributed by atoms with Crippen molar-refractivity contribution in [3.63, 3.8) is 0 Å². The number of hydrogen-bond donors (Lipinski definition) is 3. The molecule has 0 saturated carbocycles. The van der Waals surface area contributed by atoms with Gasteiger partial charge in [0.15, 0.2) is 5.11 Å². The number of morpholine rings is 1. The molecule has 2 aromatic carbocycles. The first-order valence-corrected chi connectivity index (χ1v) is 9.70. The fourth-order valence-electron chi connectivity index (χ4n) is 3.21. The molecule has 0 aromatic heterocycles. The molecule has 26 heavy (non-hydrogen) atoms. The van der Waals surface area contributed by atoms with Crippen LogP contribution >= 0.6 is 12.2 Å². The lowest BCUT2D eigenvalue weighted by atomic mass is 9.98. The topological polar surface area (TPSA) is 37.7 Å². The molecule has 1 aliphatic rings. The zero-order valence-electron chi connectivity index (χ0n) is 15.3. The zero-order chi connectivity index (χ0) is 18.2. The summed E-state index contributed by atoms with van der Waals surface area (Å²) in [5, 5.41) is 7.56. The van der Waals surface area contributed by atoms with E-state index in [0.29, 0.717) is 5.11 Å². The summed E-state index contributed by atoms with van der Waals surface area (Å²) < 4.78 is 5.41. The number of hydrogen-bond acceptors (Lipinski definition) is 2. The molecule has 1 aliphatic heterocycles. The van der Waals surface area contributed by atoms with E-state index < -0.39 is 0 Å². The Morgan fingerprint density at radius 1 is 1.04 bits per heavy atom. The first kappa shape index (κ1) is 18.8. The Kier molecular flexibility index (Phi) is 7.00. The predicted octanol–water partition coefficient (Wildman–Crippen LogP) is 1.46. The fourth-order valence-corrected chi connectivity index (χ4v) is 3.43. The van der Waals surface area contributed by atoms with Crippen molar-refractivity contribution in [3.8, 4) is 0 Å². The van der Waals surface area contributed by atoms with Gasteiger partial charge in [0.05, 0.1) is 32.3 Å². The second-order valence-corrected chi connectivity index (χ2v) is 7.18. The van der Waals surface area contributed by atoms with E-state index in [1.165, 1.54) is 16.7 Å². The molecule has 3 rings (SSSR count). The second kappa shape index (κ2) is 9.67. The maximum Gasteiger partial charge on any atom is 0.167 e. The van der Waals surface area contributed by atoms with Crippen LogP contribution in [0.1, 0.15) is 22.7 Å². The van der Waals surface area contributed by atoms with E-state index >= 15 is 0 Å². The van der Waals surface area contributed by atoms with E-state index in [9.17, 15) is 0 Å². The first-order chi connectivity index (χ1) is 12.7. The molecular weight excluding hydrogens is 342 g/mol. The number of benzene rings is 2. The Morgan fingerprint density at radius 3 is 2.38 bits per heavy atom. The monoisotopic (exact) mass is 370 g/mol. The molecule has 5 heteroatoms. The van der Waals surface area contributed by atoms with Gasteiger partial charge >= 0.3 is 0 Å². The summed E-state index contributed by atoms with van der Waals surface area (Å²) in [6.07, 6.45) is 0. The van der Waals surface area contributed by atoms with Crippen LogP contribution in [0.5, 0.6) is 0 Å². The molecule has 2 aromatic rings. The summed E-state index contributed by atoms with van der Waals surface area (Å²) in [4.78, 5) is 1.57. The van der Waals surface area contributed by atoms with Gasteiger partial charge in [0.25, 0.3) is 0 Å². The third-order valence-corrected chi connectivity index (χ3v) is 5.05. The Bertz CT molecular complexity index is 684. The summed E-state index contributed by atoms with van der Waals surface area (Å²) in [5.41, 5.74) is 3.68. The van der Waals surface area contributed by atoms with Gasteiger partial charge in [-0.3, -0.25) is 0 Å². The van der Waals surface area contributed by atoms with Crippen molar-refractivity contribution < 1.29 is 9.64 Å². The van der Waals surface area contributed by atoms with Gasteiger partial charge in [-0.2, -0.15) is 0 Å². The van der Waals surface area contributed by atoms with Gasteiger partial charge in [0.2, 0.25) is 0 Å². The number of ether oxygens (including phenoxy) is 1. The highest BCUT2D eigenvalue weighted by Crippen LogP contribution is 2.22. The minimum Gasteiger partial charge on any atom is -0.370 e. The smallest absolute Gasteiger partial charge is 0.167 e. The third-order valence-electron chi connectivity index (χ3n) is 4.78. The molecule has 0 aliphatic carbocycles. The normalized spacial score (nSPS) is 16.0. The Labute approximate surface area is 161 Å². The average Bonchev–Trinajstić information content (AvgIpc) is 2.68. The maximum absolute atomic E-state index is 5.57. The summed E-state index contributed by atoms with van der Waals surface area (Å²) in [6, 6.07) is 19.1. The molecule has 138 valence electrons. The van der Waals surface area contributed by atoms with Crippen LogP contribution in [-0.2, 0) is 4.74 Å². The van der Waals surface area contributed by atoms with Gasteiger partial charge in [-0.25, -0.2) is 0 Å². The Balaban J connectivity index is 1.60. The molecule has 1 heterocycles. The first-order valence-electron chi connectivity index (χ1n) is 9.29. The van der Waals surface area contributed by atoms with Crippen molar-refractivity contribution in [1.29, 1.82) is 0 Å². The maximum atomic E-state index is 5.57. The quantitative estimate of drug-likeness (QED) is 0.673. The number of aryl methyl sites for hydroxylation is 1. The van der Waals surface area contributed by atoms with Crippen LogP contribution in [0.15, 0.2) is 54.6 Å². The molecule has 0 radical (unpaired) electrons. The minimum absolute atomic E-state index is 0.0486. The molecule has 1 fully saturated rings. The highest BCUT2D eigenvalue weighted by molar-refractivity contribution is 7.80. The van der Waals surface area contributed by atoms with E-state index in [2.05, 4.69) is 66.1 Å². The summed E-state index contributed by atoms with van der Waals surface area (Å²) in [5.74, 6) is 0. The zero-order valence-corrected chi connectivity index (χ0v) is 16.1. The van der Waals surface area contributed by atoms with Crippen molar-refractivity contribution in [2.24, 2.45) is 0 Å². The molecule has 1 saturated heterocycles. The molecular formula is C21H28N3OS+. The third kappa shape index (κ3) is 5.53. The van der Waals surface area contributed by atoms with Crippen molar-refractivity contribution in [2.45, 2.75) is 13.0 Å². The summed E-state index contributed by atoms with van der Waals surface area (Å²) in [7, 11) is 0. The Morgan fingerprint density at radius 2 is 1.69 bits per heavy atom. The average molecular weight is 371 g/mol. The molecule has 4 nitrogen and oxygen atoms in total. The highest BCUT2D eigenvalue weighted by atomic mass is 32.1. The second-order valence-electron chi connectivity index (χ2n) is 6.77. The molecule has 3 N–H and O–H groups in total. The lowest BCUT2D eigenvalue weighted by Gasteiger charge is -2.25. The van der Waals surface area contributed by atoms with Crippen LogP contribution in [0.3, 0.4) is 0 Å². The van der Waals surface area contributed by atoms with Gasteiger partial charge in [0, 0.05) is 0 Å². The van der Waals surface area contributed by atoms with Crippen molar-refractivity contribution in [1.82, 2.24) is 10.6 Å². The summed E-state index contributed by atoms with van der Waals surface area (Å²) in [6.45, 7) is 7.93. The van der Waals surface area contributed by atoms with Crippen LogP contribution in [0.25, 0.3) is 0 Å². The largest absolute Gasteiger partial charge is 0.370 e. The minimum atomic E-state index is 0.0486. The van der Waals surface area contributed by atoms with Crippen LogP contribution in [0.2, 0.25) is 0 Å². The van der Waals surface area contributed by atoms with Gasteiger partial charge in [-0.05, 0) is 30.3 Å². The van der Waals surface area contributed by atoms with Gasteiger partial charge in [-0.15, -0.1) is 0 Å². The lowest BCUT2D eigenvalue weighted by molar-refractivity contribution is -0.906. The summed E-state index contributed by atoms with van der Waals surface area (Å²) >= 11 is 5.57. The van der Waals surface area contributed by atoms with Crippen LogP contribution in [0.4, 0.5) is 0 Å². The molecule has 1 atom stereocenters. The number of rotatable bonds is 6. The van der Waals surface area contributed by atoms with Gasteiger partial charge in [0.1, 0.15) is 13.1 Å². The SMILES string of the molecule is Cc1ccc([C@@H](NC(=S)NCC[NH+]2CCOCC2)c2ccccc2)cc1. The standard InChI is InChI=1S/C21H27N3OS/c1-17-7-9-19(10-8-17)20(18-5-3-2-4-6-18)23-21(26)22-11-12-24-13-15-25-16-14-24/h2-10,20H,11-16H2,1H3,(H2,22,23,26)/p+1/t20-/m0/s1. The van der Waals surface area contributed by atoms with Crippen molar-refractivity contribution in [2.75, 3.05) is 39.4 Å². The molecule has 0 unspecified atom stereocenters. The van der Waals surface area contributed by atoms with Crippen LogP contribution < -0.4 is 15.5 Å². The van der Waals surface area contributed by atoms with Gasteiger partial charge in [-0.1, -0.05) is 60.2 Å². The molecule has 0 amide bonds. The van der Waals surface area contributed by atoms with Crippen LogP contribution in [-0.4, -0.2) is 44.5 Å². The predicted molar refractivity (Wildman–Crippen MR) is 110 cm³/mol. The van der Waals surface area contributed by atoms with Crippen LogP contribution in [0, 0.1) is 6.92 Å². The van der Waals surface area contributed by atoms with E-state index in [-0.39, 0.29) is 6.04 Å². The molecule has 0 bridgehead atoms. The Hall–Kier alpha value is -1.95. The van der Waals surface area contributed by atoms with Crippen molar-refractivity contribution in [3.05, 3.63) is 71.3 Å². The van der Waals surface area contributed by atoms with E-state index in [4.69, 9.17) is 17.0 Å². The lowest BCUT2D eigenvalue weighted by Crippen LogP contribution is -3.14. The van der Waals surface area contributed by atoms with E-state index in [1.54, 1.807) is 4.90 Å². The number of quaternary nitrogens is 1. The number of thiocarbonyl (C=S) groups is 1. The van der Waals surface area contributed by atoms with E-state index in [0.717, 1.165) is 39.4 Å².